The summed E-state index contributed by atoms with van der Waals surface area (Å²) in [4.78, 5) is 8.70. The highest BCUT2D eigenvalue weighted by molar-refractivity contribution is 9.10. The number of hydrogen-bond donors (Lipinski definition) is 0. The highest BCUT2D eigenvalue weighted by Crippen LogP contribution is 2.28. The molecular weight excluding hydrogens is 291 g/mol. The van der Waals surface area contributed by atoms with Crippen LogP contribution in [0.1, 0.15) is 38.2 Å². The summed E-state index contributed by atoms with van der Waals surface area (Å²) < 4.78 is 6.07. The van der Waals surface area contributed by atoms with Crippen molar-refractivity contribution in [3.63, 3.8) is 0 Å². The first-order valence-electron chi connectivity index (χ1n) is 5.35. The predicted molar refractivity (Wildman–Crippen MR) is 69.0 cm³/mol. The zero-order valence-corrected chi connectivity index (χ0v) is 12.1. The van der Waals surface area contributed by atoms with Gasteiger partial charge in [0.2, 0.25) is 0 Å². The van der Waals surface area contributed by atoms with Crippen LogP contribution in [0.3, 0.4) is 0 Å². The Kier molecular flexibility index (Phi) is 5.66. The topological polar surface area (TPSA) is 35.0 Å². The average molecular weight is 308 g/mol. The lowest BCUT2D eigenvalue weighted by Crippen LogP contribution is -2.07. The van der Waals surface area contributed by atoms with Crippen LogP contribution in [0.15, 0.2) is 4.47 Å². The van der Waals surface area contributed by atoms with E-state index in [2.05, 4.69) is 39.7 Å². The Morgan fingerprint density at radius 2 is 2.06 bits per heavy atom. The molecule has 0 spiro atoms. The number of halogens is 2. The number of ether oxygens (including phenoxy) is 1. The third-order valence-corrected chi connectivity index (χ3v) is 3.39. The molecular formula is C11H16BrClN2O. The fourth-order valence-electron chi connectivity index (χ4n) is 1.28. The normalized spacial score (nSPS) is 11.1. The summed E-state index contributed by atoms with van der Waals surface area (Å²) >= 11 is 9.45. The van der Waals surface area contributed by atoms with Crippen LogP contribution >= 0.6 is 27.5 Å². The van der Waals surface area contributed by atoms with Crippen LogP contribution < -0.4 is 0 Å². The van der Waals surface area contributed by atoms with Crippen molar-refractivity contribution in [1.82, 2.24) is 9.97 Å². The SMILES string of the molecule is CCOCCc1nc(Cl)c(Br)c(C(C)C)n1. The molecule has 0 aliphatic carbocycles. The molecule has 0 bridgehead atoms. The van der Waals surface area contributed by atoms with Gasteiger partial charge in [0, 0.05) is 13.0 Å². The van der Waals surface area contributed by atoms with Gasteiger partial charge < -0.3 is 4.74 Å². The van der Waals surface area contributed by atoms with E-state index in [4.69, 9.17) is 16.3 Å². The molecule has 0 atom stereocenters. The van der Waals surface area contributed by atoms with Crippen molar-refractivity contribution in [2.45, 2.75) is 33.1 Å². The van der Waals surface area contributed by atoms with Crippen LogP contribution in [0.25, 0.3) is 0 Å². The van der Waals surface area contributed by atoms with E-state index in [0.29, 0.717) is 30.7 Å². The summed E-state index contributed by atoms with van der Waals surface area (Å²) in [5, 5.41) is 0.477. The summed E-state index contributed by atoms with van der Waals surface area (Å²) in [6.07, 6.45) is 0.695. The zero-order chi connectivity index (χ0) is 12.1. The van der Waals surface area contributed by atoms with Crippen molar-refractivity contribution in [3.05, 3.63) is 21.1 Å². The van der Waals surface area contributed by atoms with E-state index in [-0.39, 0.29) is 0 Å². The fraction of sp³-hybridized carbons (Fsp3) is 0.636. The van der Waals surface area contributed by atoms with E-state index in [1.54, 1.807) is 0 Å². The molecule has 0 radical (unpaired) electrons. The second kappa shape index (κ2) is 6.52. The first kappa shape index (κ1) is 13.9. The highest BCUT2D eigenvalue weighted by Gasteiger charge is 2.13. The van der Waals surface area contributed by atoms with Gasteiger partial charge in [-0.2, -0.15) is 0 Å². The van der Waals surface area contributed by atoms with Crippen LogP contribution in [0.4, 0.5) is 0 Å². The minimum absolute atomic E-state index is 0.320. The molecule has 0 aromatic carbocycles. The fourth-order valence-corrected chi connectivity index (χ4v) is 2.11. The minimum Gasteiger partial charge on any atom is -0.381 e. The average Bonchev–Trinajstić information content (AvgIpc) is 2.23. The molecule has 1 aromatic heterocycles. The molecule has 5 heteroatoms. The van der Waals surface area contributed by atoms with Crippen molar-refractivity contribution in [1.29, 1.82) is 0 Å². The molecule has 16 heavy (non-hydrogen) atoms. The van der Waals surface area contributed by atoms with Crippen molar-refractivity contribution in [3.8, 4) is 0 Å². The molecule has 0 saturated carbocycles. The van der Waals surface area contributed by atoms with E-state index in [9.17, 15) is 0 Å². The second-order valence-corrected chi connectivity index (χ2v) is 4.88. The van der Waals surface area contributed by atoms with Crippen LogP contribution in [-0.2, 0) is 11.2 Å². The van der Waals surface area contributed by atoms with Gasteiger partial charge in [0.05, 0.1) is 16.8 Å². The number of rotatable bonds is 5. The Morgan fingerprint density at radius 3 is 2.62 bits per heavy atom. The van der Waals surface area contributed by atoms with Crippen molar-refractivity contribution in [2.24, 2.45) is 0 Å². The van der Waals surface area contributed by atoms with E-state index < -0.39 is 0 Å². The molecule has 1 heterocycles. The number of hydrogen-bond acceptors (Lipinski definition) is 3. The van der Waals surface area contributed by atoms with E-state index in [0.717, 1.165) is 16.0 Å². The van der Waals surface area contributed by atoms with Crippen LogP contribution in [-0.4, -0.2) is 23.2 Å². The molecule has 90 valence electrons. The lowest BCUT2D eigenvalue weighted by Gasteiger charge is -2.10. The summed E-state index contributed by atoms with van der Waals surface area (Å²) in [6.45, 7) is 7.47. The lowest BCUT2D eigenvalue weighted by molar-refractivity contribution is 0.149. The highest BCUT2D eigenvalue weighted by atomic mass is 79.9. The predicted octanol–water partition coefficient (Wildman–Crippen LogP) is 3.59. The Bertz CT molecular complexity index is 358. The summed E-state index contributed by atoms with van der Waals surface area (Å²) in [7, 11) is 0. The molecule has 0 unspecified atom stereocenters. The van der Waals surface area contributed by atoms with Crippen LogP contribution in [0, 0.1) is 0 Å². The monoisotopic (exact) mass is 306 g/mol. The Balaban J connectivity index is 2.86. The van der Waals surface area contributed by atoms with Gasteiger partial charge in [0.25, 0.3) is 0 Å². The first-order valence-corrected chi connectivity index (χ1v) is 6.52. The van der Waals surface area contributed by atoms with Crippen molar-refractivity contribution < 1.29 is 4.74 Å². The van der Waals surface area contributed by atoms with Crippen molar-refractivity contribution in [2.75, 3.05) is 13.2 Å². The van der Waals surface area contributed by atoms with Gasteiger partial charge >= 0.3 is 0 Å². The second-order valence-electron chi connectivity index (χ2n) is 3.73. The van der Waals surface area contributed by atoms with Gasteiger partial charge in [0.15, 0.2) is 0 Å². The van der Waals surface area contributed by atoms with Crippen LogP contribution in [0.5, 0.6) is 0 Å². The van der Waals surface area contributed by atoms with E-state index >= 15 is 0 Å². The molecule has 3 nitrogen and oxygen atoms in total. The summed E-state index contributed by atoms with van der Waals surface area (Å²) in [6, 6.07) is 0. The Labute approximate surface area is 110 Å². The third-order valence-electron chi connectivity index (χ3n) is 2.10. The van der Waals surface area contributed by atoms with Gasteiger partial charge in [0.1, 0.15) is 11.0 Å². The maximum atomic E-state index is 6.04. The standard InChI is InChI=1S/C11H16BrClN2O/c1-4-16-6-5-8-14-10(7(2)3)9(12)11(13)15-8/h7H,4-6H2,1-3H3. The molecule has 1 aromatic rings. The summed E-state index contributed by atoms with van der Waals surface area (Å²) in [5.74, 6) is 1.06. The maximum Gasteiger partial charge on any atom is 0.147 e. The maximum absolute atomic E-state index is 6.04. The van der Waals surface area contributed by atoms with Crippen molar-refractivity contribution >= 4 is 27.5 Å². The number of aromatic nitrogens is 2. The van der Waals surface area contributed by atoms with E-state index in [1.165, 1.54) is 0 Å². The van der Waals surface area contributed by atoms with Gasteiger partial charge in [-0.1, -0.05) is 25.4 Å². The molecule has 0 aliphatic rings. The molecule has 0 N–H and O–H groups in total. The molecule has 0 fully saturated rings. The zero-order valence-electron chi connectivity index (χ0n) is 9.76. The Hall–Kier alpha value is -0.190. The van der Waals surface area contributed by atoms with Gasteiger partial charge in [-0.3, -0.25) is 0 Å². The quantitative estimate of drug-likeness (QED) is 0.616. The third kappa shape index (κ3) is 3.68. The summed E-state index contributed by atoms with van der Waals surface area (Å²) in [5.41, 5.74) is 0.950. The van der Waals surface area contributed by atoms with Gasteiger partial charge in [-0.15, -0.1) is 0 Å². The lowest BCUT2D eigenvalue weighted by atomic mass is 10.1. The number of nitrogens with zero attached hydrogens (tertiary/aromatic N) is 2. The van der Waals surface area contributed by atoms with Gasteiger partial charge in [-0.05, 0) is 28.8 Å². The van der Waals surface area contributed by atoms with E-state index in [1.807, 2.05) is 6.92 Å². The molecule has 0 aliphatic heterocycles. The first-order chi connectivity index (χ1) is 7.56. The Morgan fingerprint density at radius 1 is 1.38 bits per heavy atom. The van der Waals surface area contributed by atoms with Gasteiger partial charge in [-0.25, -0.2) is 9.97 Å². The smallest absolute Gasteiger partial charge is 0.147 e. The molecule has 1 rings (SSSR count). The molecule has 0 amide bonds. The largest absolute Gasteiger partial charge is 0.381 e. The minimum atomic E-state index is 0.320. The molecule has 0 saturated heterocycles. The van der Waals surface area contributed by atoms with Crippen LogP contribution in [0.2, 0.25) is 5.15 Å².